The summed E-state index contributed by atoms with van der Waals surface area (Å²) in [4.78, 5) is 30.0. The van der Waals surface area contributed by atoms with E-state index in [-0.39, 0.29) is 17.7 Å². The lowest BCUT2D eigenvalue weighted by Crippen LogP contribution is -2.36. The molecule has 0 amide bonds. The second-order valence-electron chi connectivity index (χ2n) is 7.71. The molecule has 1 aliphatic heterocycles. The predicted molar refractivity (Wildman–Crippen MR) is 114 cm³/mol. The molecule has 0 saturated carbocycles. The van der Waals surface area contributed by atoms with Gasteiger partial charge in [0.15, 0.2) is 5.78 Å². The summed E-state index contributed by atoms with van der Waals surface area (Å²) in [6.45, 7) is 2.32. The third-order valence-corrected chi connectivity index (χ3v) is 5.78. The molecule has 4 rings (SSSR count). The smallest absolute Gasteiger partial charge is 0.315 e. The molecule has 1 heterocycles. The molecule has 2 aromatic carbocycles. The van der Waals surface area contributed by atoms with Gasteiger partial charge in [-0.15, -0.1) is 0 Å². The Kier molecular flexibility index (Phi) is 5.79. The first kappa shape index (κ1) is 20.1. The standard InChI is InChI=1S/C25H25NO4/c1-16-22(25(28)29-2)23(24-20(26-16)9-6-10-21(24)27)18-11-13-19(14-12-18)30-15-17-7-4-3-5-8-17/h3-5,7-8,11-14,22-23H,6,9-10,15H2,1-2H3/t22?,23-/m1/s1. The Balaban J connectivity index is 1.63. The van der Waals surface area contributed by atoms with Crippen LogP contribution < -0.4 is 4.74 Å². The Labute approximate surface area is 176 Å². The van der Waals surface area contributed by atoms with Crippen molar-refractivity contribution >= 4 is 17.5 Å². The van der Waals surface area contributed by atoms with E-state index < -0.39 is 5.92 Å². The fourth-order valence-corrected chi connectivity index (χ4v) is 4.31. The molecule has 0 aromatic heterocycles. The first-order valence-corrected chi connectivity index (χ1v) is 10.2. The minimum Gasteiger partial charge on any atom is -0.489 e. The van der Waals surface area contributed by atoms with Crippen molar-refractivity contribution in [3.05, 3.63) is 77.0 Å². The van der Waals surface area contributed by atoms with Gasteiger partial charge in [-0.25, -0.2) is 0 Å². The molecule has 0 saturated heterocycles. The molecule has 1 aliphatic carbocycles. The van der Waals surface area contributed by atoms with Crippen molar-refractivity contribution in [3.63, 3.8) is 0 Å². The lowest BCUT2D eigenvalue weighted by Gasteiger charge is -2.34. The number of rotatable bonds is 5. The molecule has 2 aromatic rings. The maximum Gasteiger partial charge on any atom is 0.315 e. The number of benzene rings is 2. The van der Waals surface area contributed by atoms with E-state index in [0.717, 1.165) is 35.4 Å². The number of aliphatic imine (C=N–C) groups is 1. The van der Waals surface area contributed by atoms with Gasteiger partial charge >= 0.3 is 5.97 Å². The monoisotopic (exact) mass is 403 g/mol. The van der Waals surface area contributed by atoms with Crippen molar-refractivity contribution in [2.45, 2.75) is 38.7 Å². The zero-order valence-electron chi connectivity index (χ0n) is 17.3. The second kappa shape index (κ2) is 8.66. The van der Waals surface area contributed by atoms with Crippen LogP contribution in [0.2, 0.25) is 0 Å². The Bertz CT molecular complexity index is 1010. The Morgan fingerprint density at radius 2 is 1.80 bits per heavy atom. The fourth-order valence-electron chi connectivity index (χ4n) is 4.31. The van der Waals surface area contributed by atoms with Crippen LogP contribution in [-0.4, -0.2) is 24.6 Å². The molecule has 30 heavy (non-hydrogen) atoms. The van der Waals surface area contributed by atoms with Gasteiger partial charge in [0.1, 0.15) is 18.3 Å². The van der Waals surface area contributed by atoms with E-state index in [4.69, 9.17) is 9.47 Å². The first-order chi connectivity index (χ1) is 14.6. The molecular formula is C25H25NO4. The molecule has 154 valence electrons. The predicted octanol–water partition coefficient (Wildman–Crippen LogP) is 4.62. The molecular weight excluding hydrogens is 378 g/mol. The maximum atomic E-state index is 12.8. The number of carbonyl (C=O) groups excluding carboxylic acids is 2. The van der Waals surface area contributed by atoms with Crippen LogP contribution in [-0.2, 0) is 20.9 Å². The normalized spacial score (nSPS) is 21.0. The van der Waals surface area contributed by atoms with Gasteiger partial charge in [0.2, 0.25) is 0 Å². The molecule has 0 radical (unpaired) electrons. The molecule has 0 spiro atoms. The number of methoxy groups -OCH3 is 1. The summed E-state index contributed by atoms with van der Waals surface area (Å²) in [5, 5.41) is 0. The van der Waals surface area contributed by atoms with Gasteiger partial charge in [0.05, 0.1) is 7.11 Å². The van der Waals surface area contributed by atoms with Gasteiger partial charge in [0.25, 0.3) is 0 Å². The molecule has 1 unspecified atom stereocenters. The van der Waals surface area contributed by atoms with Crippen LogP contribution in [0.1, 0.15) is 43.2 Å². The van der Waals surface area contributed by atoms with Crippen molar-refractivity contribution in [2.75, 3.05) is 7.11 Å². The van der Waals surface area contributed by atoms with Crippen LogP contribution in [0.5, 0.6) is 5.75 Å². The Morgan fingerprint density at radius 3 is 2.50 bits per heavy atom. The summed E-state index contributed by atoms with van der Waals surface area (Å²) >= 11 is 0. The van der Waals surface area contributed by atoms with Gasteiger partial charge in [0, 0.05) is 29.3 Å². The Morgan fingerprint density at radius 1 is 1.07 bits per heavy atom. The minimum absolute atomic E-state index is 0.0795. The van der Waals surface area contributed by atoms with E-state index in [0.29, 0.717) is 24.3 Å². The highest BCUT2D eigenvalue weighted by Gasteiger charge is 2.42. The van der Waals surface area contributed by atoms with Crippen molar-refractivity contribution in [1.29, 1.82) is 0 Å². The van der Waals surface area contributed by atoms with Crippen LogP contribution in [0.25, 0.3) is 0 Å². The van der Waals surface area contributed by atoms with Crippen LogP contribution in [0.4, 0.5) is 0 Å². The molecule has 0 fully saturated rings. The maximum absolute atomic E-state index is 12.8. The van der Waals surface area contributed by atoms with E-state index in [9.17, 15) is 9.59 Å². The molecule has 0 bridgehead atoms. The topological polar surface area (TPSA) is 65.0 Å². The lowest BCUT2D eigenvalue weighted by molar-refractivity contribution is -0.143. The summed E-state index contributed by atoms with van der Waals surface area (Å²) < 4.78 is 10.9. The van der Waals surface area contributed by atoms with E-state index >= 15 is 0 Å². The summed E-state index contributed by atoms with van der Waals surface area (Å²) in [5.41, 5.74) is 4.17. The van der Waals surface area contributed by atoms with E-state index in [1.165, 1.54) is 7.11 Å². The van der Waals surface area contributed by atoms with Gasteiger partial charge in [-0.05, 0) is 43.0 Å². The number of carbonyl (C=O) groups is 2. The van der Waals surface area contributed by atoms with Gasteiger partial charge in [-0.1, -0.05) is 42.5 Å². The molecule has 5 nitrogen and oxygen atoms in total. The quantitative estimate of drug-likeness (QED) is 0.684. The van der Waals surface area contributed by atoms with Gasteiger partial charge in [-0.3, -0.25) is 14.6 Å². The SMILES string of the molecule is COC(=O)C1C(C)=NC2=C(C(=O)CCC2)[C@@H]1c1ccc(OCc2ccccc2)cc1. The summed E-state index contributed by atoms with van der Waals surface area (Å²) in [6.07, 6.45) is 2.06. The van der Waals surface area contributed by atoms with E-state index in [1.54, 1.807) is 0 Å². The highest BCUT2D eigenvalue weighted by Crippen LogP contribution is 2.43. The number of Topliss-reactive ketones (excluding diaryl/α,β-unsaturated/α-hetero) is 1. The molecule has 5 heteroatoms. The third kappa shape index (κ3) is 3.92. The highest BCUT2D eigenvalue weighted by atomic mass is 16.5. The van der Waals surface area contributed by atoms with Gasteiger partial charge < -0.3 is 9.47 Å². The van der Waals surface area contributed by atoms with Crippen LogP contribution in [0.3, 0.4) is 0 Å². The summed E-state index contributed by atoms with van der Waals surface area (Å²) in [6, 6.07) is 17.6. The van der Waals surface area contributed by atoms with Crippen molar-refractivity contribution in [2.24, 2.45) is 10.9 Å². The average Bonchev–Trinajstić information content (AvgIpc) is 2.77. The number of hydrogen-bond donors (Lipinski definition) is 0. The minimum atomic E-state index is -0.591. The molecule has 2 atom stereocenters. The third-order valence-electron chi connectivity index (χ3n) is 5.78. The first-order valence-electron chi connectivity index (χ1n) is 10.2. The highest BCUT2D eigenvalue weighted by molar-refractivity contribution is 6.08. The fraction of sp³-hybridized carbons (Fsp3) is 0.320. The van der Waals surface area contributed by atoms with Crippen molar-refractivity contribution < 1.29 is 19.1 Å². The van der Waals surface area contributed by atoms with Crippen molar-refractivity contribution in [1.82, 2.24) is 0 Å². The number of nitrogens with zero attached hydrogens (tertiary/aromatic N) is 1. The summed E-state index contributed by atoms with van der Waals surface area (Å²) in [7, 11) is 1.37. The zero-order chi connectivity index (χ0) is 21.1. The van der Waals surface area contributed by atoms with Crippen LogP contribution in [0, 0.1) is 5.92 Å². The van der Waals surface area contributed by atoms with E-state index in [1.807, 2.05) is 61.5 Å². The zero-order valence-corrected chi connectivity index (χ0v) is 17.3. The number of allylic oxidation sites excluding steroid dienone is 2. The lowest BCUT2D eigenvalue weighted by atomic mass is 9.72. The van der Waals surface area contributed by atoms with Gasteiger partial charge in [-0.2, -0.15) is 0 Å². The number of esters is 1. The Hall–Kier alpha value is -3.21. The van der Waals surface area contributed by atoms with Crippen LogP contribution in [0.15, 0.2) is 70.9 Å². The average molecular weight is 403 g/mol. The number of ether oxygens (including phenoxy) is 2. The molecule has 0 N–H and O–H groups in total. The second-order valence-corrected chi connectivity index (χ2v) is 7.71. The summed E-state index contributed by atoms with van der Waals surface area (Å²) in [5.74, 6) is -0.512. The van der Waals surface area contributed by atoms with Crippen molar-refractivity contribution in [3.8, 4) is 5.75 Å². The number of hydrogen-bond acceptors (Lipinski definition) is 5. The van der Waals surface area contributed by atoms with E-state index in [2.05, 4.69) is 4.99 Å². The molecule has 2 aliphatic rings. The van der Waals surface area contributed by atoms with Crippen LogP contribution >= 0.6 is 0 Å². The largest absolute Gasteiger partial charge is 0.489 e. The number of ketones is 1.